The first-order valence-electron chi connectivity index (χ1n) is 7.66. The van der Waals surface area contributed by atoms with Crippen LogP contribution in [0.25, 0.3) is 10.8 Å². The molecule has 0 aliphatic rings. The number of para-hydroxylation sites is 2. The van der Waals surface area contributed by atoms with Gasteiger partial charge in [-0.15, -0.1) is 0 Å². The van der Waals surface area contributed by atoms with Gasteiger partial charge in [-0.3, -0.25) is 4.79 Å². The molecule has 15 N–H and O–H groups in total. The zero-order chi connectivity index (χ0) is 19.6. The number of phosphoric acid groups is 1. The van der Waals surface area contributed by atoms with E-state index in [1.807, 2.05) is 0 Å². The Bertz CT molecular complexity index is 1090. The van der Waals surface area contributed by atoms with Gasteiger partial charge in [0.2, 0.25) is 0 Å². The number of anilines is 1. The van der Waals surface area contributed by atoms with E-state index in [0.29, 0.717) is 22.2 Å². The van der Waals surface area contributed by atoms with Gasteiger partial charge in [0.25, 0.3) is 5.91 Å². The van der Waals surface area contributed by atoms with Crippen molar-refractivity contribution in [2.24, 2.45) is 0 Å². The van der Waals surface area contributed by atoms with Crippen LogP contribution >= 0.6 is 23.8 Å². The fraction of sp³-hybridized carbons (Fsp3) is 0.0556. The van der Waals surface area contributed by atoms with E-state index in [9.17, 15) is 19.1 Å². The smallest absolute Gasteiger partial charge is 0.780 e. The fourth-order valence-electron chi connectivity index (χ4n) is 2.56. The SMILES string of the molecule is COc1ccccc1NC(=O)c1cc2cc(Br)ccc2cc1OP(=O)([O-])[O-].O.O.O.O.O.O.O.[Na+].[Na+]. The van der Waals surface area contributed by atoms with E-state index in [4.69, 9.17) is 4.74 Å². The molecule has 3 rings (SSSR count). The van der Waals surface area contributed by atoms with Gasteiger partial charge in [-0.2, -0.15) is 0 Å². The normalized spacial score (nSPS) is 8.44. The zero-order valence-corrected chi connectivity index (χ0v) is 26.0. The molecule has 196 valence electrons. The summed E-state index contributed by atoms with van der Waals surface area (Å²) in [6, 6.07) is 14.7. The van der Waals surface area contributed by atoms with Crippen molar-refractivity contribution < 1.29 is 126 Å². The Morgan fingerprint density at radius 2 is 1.39 bits per heavy atom. The topological polar surface area (TPSA) is 331 Å². The number of carbonyl (C=O) groups excluding carboxylic acids is 1. The van der Waals surface area contributed by atoms with Crippen molar-refractivity contribution in [1.29, 1.82) is 0 Å². The number of hydrogen-bond donors (Lipinski definition) is 1. The predicted octanol–water partition coefficient (Wildman–Crippen LogP) is -8.69. The first-order valence-corrected chi connectivity index (χ1v) is 9.91. The average Bonchev–Trinajstić information content (AvgIpc) is 2.60. The molecule has 0 radical (unpaired) electrons. The average molecular weight is 622 g/mol. The van der Waals surface area contributed by atoms with E-state index in [-0.39, 0.29) is 109 Å². The van der Waals surface area contributed by atoms with E-state index < -0.39 is 13.7 Å². The third kappa shape index (κ3) is 13.8. The second kappa shape index (κ2) is 22.3. The molecule has 0 heterocycles. The number of ether oxygens (including phenoxy) is 1. The molecule has 0 saturated heterocycles. The maximum Gasteiger partial charge on any atom is 1.00 e. The van der Waals surface area contributed by atoms with Crippen LogP contribution in [0, 0.1) is 0 Å². The monoisotopic (exact) mass is 621 g/mol. The maximum atomic E-state index is 12.8. The van der Waals surface area contributed by atoms with E-state index in [1.54, 1.807) is 42.5 Å². The van der Waals surface area contributed by atoms with Gasteiger partial charge in [0, 0.05) is 4.47 Å². The van der Waals surface area contributed by atoms with Crippen LogP contribution in [-0.4, -0.2) is 51.4 Å². The van der Waals surface area contributed by atoms with Gasteiger partial charge in [0.1, 0.15) is 19.3 Å². The molecule has 3 aromatic rings. The quantitative estimate of drug-likeness (QED) is 0.212. The summed E-state index contributed by atoms with van der Waals surface area (Å²) in [4.78, 5) is 35.0. The van der Waals surface area contributed by atoms with Crippen LogP contribution in [0.3, 0.4) is 0 Å². The van der Waals surface area contributed by atoms with E-state index >= 15 is 0 Å². The number of rotatable bonds is 5. The van der Waals surface area contributed by atoms with Crippen LogP contribution in [0.1, 0.15) is 10.4 Å². The van der Waals surface area contributed by atoms with Gasteiger partial charge in [-0.25, -0.2) is 0 Å². The first kappa shape index (κ1) is 51.9. The summed E-state index contributed by atoms with van der Waals surface area (Å²) < 4.78 is 21.6. The van der Waals surface area contributed by atoms with Gasteiger partial charge < -0.3 is 67.3 Å². The van der Waals surface area contributed by atoms with Crippen molar-refractivity contribution in [3.8, 4) is 11.5 Å². The van der Waals surface area contributed by atoms with Crippen LogP contribution in [0.4, 0.5) is 5.69 Å². The molecule has 0 bridgehead atoms. The zero-order valence-electron chi connectivity index (χ0n) is 19.5. The Morgan fingerprint density at radius 3 is 1.92 bits per heavy atom. The van der Waals surface area contributed by atoms with Crippen molar-refractivity contribution in [2.75, 3.05) is 12.4 Å². The minimum atomic E-state index is -5.35. The molecule has 36 heavy (non-hydrogen) atoms. The Balaban J connectivity index is -0.000000187. The van der Waals surface area contributed by atoms with Gasteiger partial charge >= 0.3 is 59.1 Å². The molecular formula is C18H27BrNNa2O13P. The summed E-state index contributed by atoms with van der Waals surface area (Å²) in [5, 5.41) is 3.90. The largest absolute Gasteiger partial charge is 1.00 e. The number of nitrogens with one attached hydrogen (secondary N) is 1. The molecule has 1 amide bonds. The number of hydrogen-bond acceptors (Lipinski definition) is 6. The summed E-state index contributed by atoms with van der Waals surface area (Å²) >= 11 is 3.34. The number of amides is 1. The van der Waals surface area contributed by atoms with Crippen molar-refractivity contribution in [3.63, 3.8) is 0 Å². The molecule has 0 fully saturated rings. The van der Waals surface area contributed by atoms with E-state index in [1.165, 1.54) is 19.2 Å². The van der Waals surface area contributed by atoms with Crippen molar-refractivity contribution in [1.82, 2.24) is 0 Å². The summed E-state index contributed by atoms with van der Waals surface area (Å²) in [7, 11) is -3.90. The molecular weight excluding hydrogens is 595 g/mol. The number of fused-ring (bicyclic) bond motifs is 1. The number of carbonyl (C=O) groups is 1. The Labute approximate surface area is 258 Å². The molecule has 0 saturated carbocycles. The molecule has 14 nitrogen and oxygen atoms in total. The summed E-state index contributed by atoms with van der Waals surface area (Å²) in [6.07, 6.45) is 0. The van der Waals surface area contributed by atoms with Crippen LogP contribution in [0.2, 0.25) is 0 Å². The number of phosphoric ester groups is 1. The Morgan fingerprint density at radius 1 is 0.833 bits per heavy atom. The van der Waals surface area contributed by atoms with E-state index in [2.05, 4.69) is 25.8 Å². The first-order chi connectivity index (χ1) is 12.8. The predicted molar refractivity (Wildman–Crippen MR) is 126 cm³/mol. The van der Waals surface area contributed by atoms with Gasteiger partial charge in [0.15, 0.2) is 0 Å². The second-order valence-corrected chi connectivity index (χ2v) is 7.53. The Kier molecular flexibility index (Phi) is 32.2. The van der Waals surface area contributed by atoms with Crippen LogP contribution in [0.15, 0.2) is 59.1 Å². The fourth-order valence-corrected chi connectivity index (χ4v) is 3.33. The molecule has 3 aromatic carbocycles. The Hall–Kier alpha value is -0.660. The van der Waals surface area contributed by atoms with Crippen molar-refractivity contribution in [2.45, 2.75) is 0 Å². The maximum absolute atomic E-state index is 12.8. The molecule has 0 spiro atoms. The molecule has 0 atom stereocenters. The second-order valence-electron chi connectivity index (χ2n) is 5.53. The third-order valence-electron chi connectivity index (χ3n) is 3.71. The molecule has 0 unspecified atom stereocenters. The van der Waals surface area contributed by atoms with Gasteiger partial charge in [-0.1, -0.05) is 34.1 Å². The van der Waals surface area contributed by atoms with Crippen molar-refractivity contribution in [3.05, 3.63) is 64.6 Å². The minimum absolute atomic E-state index is 0. The molecule has 0 aliphatic heterocycles. The number of halogens is 1. The van der Waals surface area contributed by atoms with E-state index in [0.717, 1.165) is 4.47 Å². The number of benzene rings is 3. The standard InChI is InChI=1S/C18H15BrNO6P.2Na.7H2O/c1-25-16-5-3-2-4-15(16)20-18(21)14-9-12-8-13(19)7-6-11(12)10-17(14)26-27(22,23)24;;;;;;;;;/h2-10H,1H3,(H,20,21)(H2,22,23,24);;;7*1H2/q;2*+1;;;;;;;/p-2. The van der Waals surface area contributed by atoms with Crippen LogP contribution in [-0.2, 0) is 4.57 Å². The summed E-state index contributed by atoms with van der Waals surface area (Å²) in [5.74, 6) is -0.564. The molecule has 0 aromatic heterocycles. The van der Waals surface area contributed by atoms with Crippen LogP contribution in [0.5, 0.6) is 11.5 Å². The van der Waals surface area contributed by atoms with Gasteiger partial charge in [0.05, 0.1) is 18.4 Å². The molecule has 18 heteroatoms. The van der Waals surface area contributed by atoms with Crippen LogP contribution < -0.4 is 83.5 Å². The number of methoxy groups -OCH3 is 1. The minimum Gasteiger partial charge on any atom is -0.780 e. The summed E-state index contributed by atoms with van der Waals surface area (Å²) in [6.45, 7) is 0. The van der Waals surface area contributed by atoms with Gasteiger partial charge in [-0.05, 0) is 47.2 Å². The summed E-state index contributed by atoms with van der Waals surface area (Å²) in [5.41, 5.74) is 0.288. The molecule has 0 aliphatic carbocycles. The third-order valence-corrected chi connectivity index (χ3v) is 4.62. The van der Waals surface area contributed by atoms with Crippen molar-refractivity contribution >= 4 is 46.1 Å².